The van der Waals surface area contributed by atoms with Gasteiger partial charge in [-0.1, -0.05) is 12.1 Å². The van der Waals surface area contributed by atoms with E-state index in [1.807, 2.05) is 24.3 Å². The van der Waals surface area contributed by atoms with Gasteiger partial charge in [-0.2, -0.15) is 0 Å². The third-order valence-electron chi connectivity index (χ3n) is 3.48. The van der Waals surface area contributed by atoms with Crippen LogP contribution in [0.5, 0.6) is 0 Å². The van der Waals surface area contributed by atoms with E-state index in [1.54, 1.807) is 17.3 Å². The number of primary amides is 1. The highest BCUT2D eigenvalue weighted by Crippen LogP contribution is 2.31. The van der Waals surface area contributed by atoms with Gasteiger partial charge >= 0.3 is 0 Å². The minimum absolute atomic E-state index is 0.0619. The lowest BCUT2D eigenvalue weighted by Crippen LogP contribution is -2.28. The number of rotatable bonds is 2. The summed E-state index contributed by atoms with van der Waals surface area (Å²) in [6.07, 6.45) is 3.64. The van der Waals surface area contributed by atoms with Crippen molar-refractivity contribution in [2.75, 3.05) is 11.4 Å². The van der Waals surface area contributed by atoms with Crippen molar-refractivity contribution in [1.29, 1.82) is 0 Å². The van der Waals surface area contributed by atoms with Crippen LogP contribution < -0.4 is 10.6 Å². The normalized spacial score (nSPS) is 19.1. The molecule has 1 aliphatic rings. The number of carbonyl (C=O) groups is 2. The van der Waals surface area contributed by atoms with Gasteiger partial charge in [-0.25, -0.2) is 0 Å². The fraction of sp³-hybridized carbons (Fsp3) is 0.214. The minimum Gasteiger partial charge on any atom is -0.369 e. The monoisotopic (exact) mass is 255 g/mol. The van der Waals surface area contributed by atoms with E-state index in [2.05, 4.69) is 4.98 Å². The number of nitrogens with zero attached hydrogens (tertiary/aromatic N) is 2. The van der Waals surface area contributed by atoms with Gasteiger partial charge in [-0.05, 0) is 12.1 Å². The number of nitrogens with two attached hydrogens (primary N) is 1. The molecule has 0 spiro atoms. The van der Waals surface area contributed by atoms with Gasteiger partial charge in [0.15, 0.2) is 0 Å². The van der Waals surface area contributed by atoms with E-state index in [1.165, 1.54) is 0 Å². The van der Waals surface area contributed by atoms with Gasteiger partial charge in [0, 0.05) is 36.1 Å². The fourth-order valence-electron chi connectivity index (χ4n) is 2.47. The van der Waals surface area contributed by atoms with Crippen LogP contribution in [0.15, 0.2) is 36.7 Å². The van der Waals surface area contributed by atoms with E-state index in [0.717, 1.165) is 16.5 Å². The first-order valence-corrected chi connectivity index (χ1v) is 6.09. The molecular formula is C14H13N3O2. The number of fused-ring (bicyclic) bond motifs is 1. The average molecular weight is 255 g/mol. The molecule has 1 fully saturated rings. The predicted molar refractivity (Wildman–Crippen MR) is 71.4 cm³/mol. The van der Waals surface area contributed by atoms with E-state index in [0.29, 0.717) is 6.54 Å². The Kier molecular flexibility index (Phi) is 2.67. The molecule has 5 nitrogen and oxygen atoms in total. The lowest BCUT2D eigenvalue weighted by atomic mass is 10.1. The molecule has 2 amide bonds. The summed E-state index contributed by atoms with van der Waals surface area (Å²) >= 11 is 0. The first-order chi connectivity index (χ1) is 9.16. The van der Waals surface area contributed by atoms with Gasteiger partial charge in [0.25, 0.3) is 0 Å². The Labute approximate surface area is 110 Å². The maximum absolute atomic E-state index is 12.0. The molecule has 1 atom stereocenters. The molecule has 0 saturated carbocycles. The zero-order valence-electron chi connectivity index (χ0n) is 10.2. The molecule has 1 aliphatic heterocycles. The molecule has 1 saturated heterocycles. The molecule has 3 rings (SSSR count). The van der Waals surface area contributed by atoms with Crippen molar-refractivity contribution in [2.45, 2.75) is 6.42 Å². The smallest absolute Gasteiger partial charge is 0.227 e. The van der Waals surface area contributed by atoms with Crippen LogP contribution in [0.4, 0.5) is 5.69 Å². The standard InChI is InChI=1S/C14H13N3O2/c15-14(19)10-6-13(18)17(8-10)12-3-1-2-9-7-16-5-4-11(9)12/h1-5,7,10H,6,8H2,(H2,15,19). The molecule has 19 heavy (non-hydrogen) atoms. The van der Waals surface area contributed by atoms with E-state index in [-0.39, 0.29) is 12.3 Å². The van der Waals surface area contributed by atoms with Crippen molar-refractivity contribution in [3.63, 3.8) is 0 Å². The second-order valence-electron chi connectivity index (χ2n) is 4.68. The SMILES string of the molecule is NC(=O)C1CC(=O)N(c2cccc3cnccc23)C1. The van der Waals surface area contributed by atoms with Crippen molar-refractivity contribution in [3.8, 4) is 0 Å². The number of aromatic nitrogens is 1. The molecule has 2 aromatic rings. The predicted octanol–water partition coefficient (Wildman–Crippen LogP) is 1.07. The average Bonchev–Trinajstić information content (AvgIpc) is 2.80. The molecular weight excluding hydrogens is 242 g/mol. The Morgan fingerprint density at radius 1 is 1.37 bits per heavy atom. The number of anilines is 1. The number of benzene rings is 1. The van der Waals surface area contributed by atoms with Crippen LogP contribution >= 0.6 is 0 Å². The number of amides is 2. The topological polar surface area (TPSA) is 76.3 Å². The van der Waals surface area contributed by atoms with E-state index >= 15 is 0 Å². The Hall–Kier alpha value is -2.43. The van der Waals surface area contributed by atoms with Gasteiger partial charge in [-0.15, -0.1) is 0 Å². The number of hydrogen-bond acceptors (Lipinski definition) is 3. The van der Waals surface area contributed by atoms with Crippen LogP contribution in [0.1, 0.15) is 6.42 Å². The highest BCUT2D eigenvalue weighted by atomic mass is 16.2. The first-order valence-electron chi connectivity index (χ1n) is 6.09. The molecule has 1 unspecified atom stereocenters. The lowest BCUT2D eigenvalue weighted by Gasteiger charge is -2.18. The first kappa shape index (κ1) is 11.6. The van der Waals surface area contributed by atoms with Gasteiger partial charge in [0.1, 0.15) is 0 Å². The second-order valence-corrected chi connectivity index (χ2v) is 4.68. The third kappa shape index (κ3) is 1.93. The molecule has 2 N–H and O–H groups in total. The second kappa shape index (κ2) is 4.35. The Balaban J connectivity index is 2.05. The lowest BCUT2D eigenvalue weighted by molar-refractivity contribution is -0.123. The van der Waals surface area contributed by atoms with Crippen molar-refractivity contribution >= 4 is 28.3 Å². The Morgan fingerprint density at radius 2 is 2.21 bits per heavy atom. The summed E-state index contributed by atoms with van der Waals surface area (Å²) in [7, 11) is 0. The van der Waals surface area contributed by atoms with Crippen LogP contribution in [0, 0.1) is 5.92 Å². The Morgan fingerprint density at radius 3 is 2.95 bits per heavy atom. The molecule has 1 aromatic carbocycles. The number of carbonyl (C=O) groups excluding carboxylic acids is 2. The van der Waals surface area contributed by atoms with Crippen LogP contribution in [0.25, 0.3) is 10.8 Å². The van der Waals surface area contributed by atoms with Gasteiger partial charge in [-0.3, -0.25) is 14.6 Å². The summed E-state index contributed by atoms with van der Waals surface area (Å²) in [4.78, 5) is 29.0. The van der Waals surface area contributed by atoms with Crippen molar-refractivity contribution in [3.05, 3.63) is 36.7 Å². The van der Waals surface area contributed by atoms with Gasteiger partial charge in [0.05, 0.1) is 11.6 Å². The highest BCUT2D eigenvalue weighted by Gasteiger charge is 2.34. The quantitative estimate of drug-likeness (QED) is 0.872. The maximum Gasteiger partial charge on any atom is 0.227 e. The minimum atomic E-state index is -0.419. The third-order valence-corrected chi connectivity index (χ3v) is 3.48. The van der Waals surface area contributed by atoms with Crippen molar-refractivity contribution in [1.82, 2.24) is 4.98 Å². The van der Waals surface area contributed by atoms with Crippen LogP contribution in [-0.2, 0) is 9.59 Å². The summed E-state index contributed by atoms with van der Waals surface area (Å²) in [6.45, 7) is 0.357. The van der Waals surface area contributed by atoms with Crippen LogP contribution in [0.2, 0.25) is 0 Å². The van der Waals surface area contributed by atoms with Gasteiger partial charge < -0.3 is 10.6 Å². The fourth-order valence-corrected chi connectivity index (χ4v) is 2.47. The van der Waals surface area contributed by atoms with E-state index in [9.17, 15) is 9.59 Å². The molecule has 0 aliphatic carbocycles. The zero-order valence-corrected chi connectivity index (χ0v) is 10.2. The zero-order chi connectivity index (χ0) is 13.4. The summed E-state index contributed by atoms with van der Waals surface area (Å²) < 4.78 is 0. The summed E-state index contributed by atoms with van der Waals surface area (Å²) in [5, 5.41) is 1.92. The number of hydrogen-bond donors (Lipinski definition) is 1. The molecule has 0 bridgehead atoms. The summed E-state index contributed by atoms with van der Waals surface area (Å²) in [5.74, 6) is -0.879. The summed E-state index contributed by atoms with van der Waals surface area (Å²) in [5.41, 5.74) is 6.10. The maximum atomic E-state index is 12.0. The van der Waals surface area contributed by atoms with E-state index in [4.69, 9.17) is 5.73 Å². The van der Waals surface area contributed by atoms with E-state index < -0.39 is 11.8 Å². The molecule has 0 radical (unpaired) electrons. The summed E-state index contributed by atoms with van der Waals surface area (Å²) in [6, 6.07) is 7.57. The highest BCUT2D eigenvalue weighted by molar-refractivity contribution is 6.06. The van der Waals surface area contributed by atoms with Crippen molar-refractivity contribution in [2.24, 2.45) is 11.7 Å². The van der Waals surface area contributed by atoms with Crippen LogP contribution in [0.3, 0.4) is 0 Å². The molecule has 1 aromatic heterocycles. The molecule has 5 heteroatoms. The largest absolute Gasteiger partial charge is 0.369 e. The van der Waals surface area contributed by atoms with Gasteiger partial charge in [0.2, 0.25) is 11.8 Å². The number of pyridine rings is 1. The Bertz CT molecular complexity index is 663. The van der Waals surface area contributed by atoms with Crippen molar-refractivity contribution < 1.29 is 9.59 Å². The molecule has 2 heterocycles. The van der Waals surface area contributed by atoms with Crippen LogP contribution in [-0.4, -0.2) is 23.3 Å². The molecule has 96 valence electrons.